The Bertz CT molecular complexity index is 917. The number of rotatable bonds is 28. The van der Waals surface area contributed by atoms with Gasteiger partial charge in [-0.2, -0.15) is 0 Å². The van der Waals surface area contributed by atoms with Gasteiger partial charge in [-0.25, -0.2) is 5.01 Å². The number of hydrogen-bond acceptors (Lipinski definition) is 7. The molecule has 0 aliphatic heterocycles. The lowest BCUT2D eigenvalue weighted by molar-refractivity contribution is 0.262. The highest BCUT2D eigenvalue weighted by Crippen LogP contribution is 2.19. The minimum Gasteiger partial charge on any atom is -0.496 e. The highest BCUT2D eigenvalue weighted by Gasteiger charge is 2.06. The van der Waals surface area contributed by atoms with Crippen molar-refractivity contribution in [1.29, 1.82) is 0 Å². The van der Waals surface area contributed by atoms with E-state index < -0.39 is 0 Å². The van der Waals surface area contributed by atoms with Gasteiger partial charge in [0.25, 0.3) is 0 Å². The number of halogens is 4. The smallest absolute Gasteiger partial charge is 0.123 e. The van der Waals surface area contributed by atoms with Crippen LogP contribution >= 0.6 is 49.6 Å². The van der Waals surface area contributed by atoms with E-state index in [-0.39, 0.29) is 49.6 Å². The first-order chi connectivity index (χ1) is 20.7. The zero-order valence-electron chi connectivity index (χ0n) is 28.4. The molecule has 0 amide bonds. The van der Waals surface area contributed by atoms with Crippen LogP contribution in [0.2, 0.25) is 0 Å². The number of hydrazine groups is 1. The Kier molecular flexibility index (Phi) is 37.9. The molecule has 7 nitrogen and oxygen atoms in total. The molecular formula is C35H65Cl4N5O2. The maximum absolute atomic E-state index is 6.20. The van der Waals surface area contributed by atoms with Gasteiger partial charge >= 0.3 is 0 Å². The average molecular weight is 730 g/mol. The third-order valence-corrected chi connectivity index (χ3v) is 7.79. The summed E-state index contributed by atoms with van der Waals surface area (Å²) in [6, 6.07) is 16.3. The van der Waals surface area contributed by atoms with Crippen LogP contribution in [0.25, 0.3) is 0 Å². The van der Waals surface area contributed by atoms with Crippen LogP contribution in [0.5, 0.6) is 11.5 Å². The van der Waals surface area contributed by atoms with Crippen molar-refractivity contribution >= 4 is 49.6 Å². The molecule has 2 aromatic carbocycles. The SMILES string of the molecule is COc1ccccc1CNCCCCCCNCCCCCCCNCCCCCCN(N)Cc1ccccc1OC.Cl.Cl.Cl.Cl. The summed E-state index contributed by atoms with van der Waals surface area (Å²) >= 11 is 0. The summed E-state index contributed by atoms with van der Waals surface area (Å²) in [6.45, 7) is 8.22. The first kappa shape index (κ1) is 49.4. The molecule has 0 aromatic heterocycles. The van der Waals surface area contributed by atoms with Gasteiger partial charge in [-0.05, 0) is 83.4 Å². The van der Waals surface area contributed by atoms with Crippen molar-refractivity contribution in [3.8, 4) is 11.5 Å². The maximum Gasteiger partial charge on any atom is 0.123 e. The normalized spacial score (nSPS) is 10.3. The van der Waals surface area contributed by atoms with Gasteiger partial charge in [-0.3, -0.25) is 5.84 Å². The predicted octanol–water partition coefficient (Wildman–Crippen LogP) is 8.11. The minimum absolute atomic E-state index is 0. The molecule has 46 heavy (non-hydrogen) atoms. The molecule has 0 saturated heterocycles. The molecule has 0 heterocycles. The van der Waals surface area contributed by atoms with Gasteiger partial charge < -0.3 is 25.4 Å². The molecule has 0 atom stereocenters. The standard InChI is InChI=1S/C35H61N5O2.4ClH/c1-41-34-22-12-10-20-32(34)30-39-28-18-7-6-16-26-37-24-14-4-3-5-15-25-38-27-17-8-9-19-29-40(36)31-33-21-11-13-23-35(33)42-2;;;;/h10-13,20-23,37-39H,3-9,14-19,24-31,36H2,1-2H3;4*1H. The fourth-order valence-corrected chi connectivity index (χ4v) is 5.26. The molecule has 5 N–H and O–H groups in total. The summed E-state index contributed by atoms with van der Waals surface area (Å²) in [5.74, 6) is 8.08. The number of nitrogens with zero attached hydrogens (tertiary/aromatic N) is 1. The van der Waals surface area contributed by atoms with E-state index in [9.17, 15) is 0 Å². The molecule has 0 fully saturated rings. The Morgan fingerprint density at radius 1 is 0.500 bits per heavy atom. The summed E-state index contributed by atoms with van der Waals surface area (Å²) in [4.78, 5) is 0. The zero-order valence-corrected chi connectivity index (χ0v) is 31.7. The number of unbranched alkanes of at least 4 members (excludes halogenated alkanes) is 10. The molecule has 2 aromatic rings. The van der Waals surface area contributed by atoms with Crippen LogP contribution in [0.15, 0.2) is 48.5 Å². The van der Waals surface area contributed by atoms with Crippen molar-refractivity contribution in [1.82, 2.24) is 21.0 Å². The van der Waals surface area contributed by atoms with E-state index in [0.29, 0.717) is 0 Å². The number of ether oxygens (including phenoxy) is 2. The van der Waals surface area contributed by atoms with Crippen molar-refractivity contribution in [2.45, 2.75) is 96.6 Å². The Labute approximate surface area is 305 Å². The highest BCUT2D eigenvalue weighted by atomic mass is 35.5. The van der Waals surface area contributed by atoms with Crippen LogP contribution in [0.3, 0.4) is 0 Å². The minimum atomic E-state index is 0. The number of methoxy groups -OCH3 is 2. The fourth-order valence-electron chi connectivity index (χ4n) is 5.26. The van der Waals surface area contributed by atoms with E-state index in [1.807, 2.05) is 35.3 Å². The van der Waals surface area contributed by atoms with Gasteiger partial charge in [-0.15, -0.1) is 49.6 Å². The van der Waals surface area contributed by atoms with E-state index >= 15 is 0 Å². The summed E-state index contributed by atoms with van der Waals surface area (Å²) in [5, 5.41) is 12.7. The summed E-state index contributed by atoms with van der Waals surface area (Å²) in [5.41, 5.74) is 2.38. The molecular weight excluding hydrogens is 664 g/mol. The molecule has 0 saturated carbocycles. The fraction of sp³-hybridized carbons (Fsp3) is 0.657. The summed E-state index contributed by atoms with van der Waals surface area (Å²) in [6.07, 6.45) is 16.7. The number of nitrogens with one attached hydrogen (secondary N) is 3. The second-order valence-electron chi connectivity index (χ2n) is 11.4. The largest absolute Gasteiger partial charge is 0.496 e. The molecule has 0 spiro atoms. The van der Waals surface area contributed by atoms with Crippen molar-refractivity contribution in [3.63, 3.8) is 0 Å². The van der Waals surface area contributed by atoms with Crippen LogP contribution in [0, 0.1) is 0 Å². The molecule has 270 valence electrons. The van der Waals surface area contributed by atoms with Gasteiger partial charge in [0.2, 0.25) is 0 Å². The number of hydrogen-bond donors (Lipinski definition) is 4. The van der Waals surface area contributed by atoms with Crippen LogP contribution in [0.4, 0.5) is 0 Å². The average Bonchev–Trinajstić information content (AvgIpc) is 3.01. The Morgan fingerprint density at radius 2 is 0.870 bits per heavy atom. The van der Waals surface area contributed by atoms with E-state index in [0.717, 1.165) is 69.3 Å². The number of para-hydroxylation sites is 2. The lowest BCUT2D eigenvalue weighted by Gasteiger charge is -2.18. The number of benzene rings is 2. The first-order valence-electron chi connectivity index (χ1n) is 16.6. The molecule has 2 rings (SSSR count). The lowest BCUT2D eigenvalue weighted by Crippen LogP contribution is -2.31. The second kappa shape index (κ2) is 35.3. The number of nitrogens with two attached hydrogens (primary N) is 1. The van der Waals surface area contributed by atoms with Crippen molar-refractivity contribution in [2.75, 3.05) is 53.5 Å². The first-order valence-corrected chi connectivity index (χ1v) is 16.6. The van der Waals surface area contributed by atoms with Crippen LogP contribution in [-0.4, -0.2) is 58.5 Å². The monoisotopic (exact) mass is 727 g/mol. The van der Waals surface area contributed by atoms with Crippen molar-refractivity contribution in [2.24, 2.45) is 5.84 Å². The molecule has 0 bridgehead atoms. The van der Waals surface area contributed by atoms with E-state index in [2.05, 4.69) is 34.1 Å². The van der Waals surface area contributed by atoms with Gasteiger partial charge in [0.1, 0.15) is 11.5 Å². The van der Waals surface area contributed by atoms with Gasteiger partial charge in [0, 0.05) is 30.8 Å². The van der Waals surface area contributed by atoms with Crippen LogP contribution in [-0.2, 0) is 13.1 Å². The Balaban J connectivity index is -0.00000462. The predicted molar refractivity (Wildman–Crippen MR) is 207 cm³/mol. The Hall–Kier alpha value is -1.000. The van der Waals surface area contributed by atoms with Gasteiger partial charge in [0.05, 0.1) is 14.2 Å². The van der Waals surface area contributed by atoms with Crippen LogP contribution < -0.4 is 31.3 Å². The Morgan fingerprint density at radius 3 is 1.35 bits per heavy atom. The van der Waals surface area contributed by atoms with Gasteiger partial charge in [0.15, 0.2) is 0 Å². The van der Waals surface area contributed by atoms with E-state index in [4.69, 9.17) is 15.3 Å². The topological polar surface area (TPSA) is 83.8 Å². The maximum atomic E-state index is 6.20. The van der Waals surface area contributed by atoms with E-state index in [1.54, 1.807) is 14.2 Å². The van der Waals surface area contributed by atoms with Crippen LogP contribution in [0.1, 0.15) is 94.6 Å². The molecule has 0 aliphatic rings. The molecule has 11 heteroatoms. The summed E-state index contributed by atoms with van der Waals surface area (Å²) in [7, 11) is 3.45. The molecule has 0 radical (unpaired) electrons. The highest BCUT2D eigenvalue weighted by molar-refractivity contribution is 5.86. The molecule has 0 unspecified atom stereocenters. The van der Waals surface area contributed by atoms with E-state index in [1.165, 1.54) is 89.2 Å². The second-order valence-corrected chi connectivity index (χ2v) is 11.4. The van der Waals surface area contributed by atoms with Crippen molar-refractivity contribution < 1.29 is 9.47 Å². The van der Waals surface area contributed by atoms with Crippen molar-refractivity contribution in [3.05, 3.63) is 59.7 Å². The zero-order chi connectivity index (χ0) is 29.9. The lowest BCUT2D eigenvalue weighted by atomic mass is 10.1. The third-order valence-electron chi connectivity index (χ3n) is 7.79. The van der Waals surface area contributed by atoms with Gasteiger partial charge in [-0.1, -0.05) is 81.3 Å². The molecule has 0 aliphatic carbocycles. The summed E-state index contributed by atoms with van der Waals surface area (Å²) < 4.78 is 10.8. The quantitative estimate of drug-likeness (QED) is 0.0401. The third kappa shape index (κ3) is 25.1.